The van der Waals surface area contributed by atoms with E-state index in [1.165, 1.54) is 0 Å². The number of rotatable bonds is 10. The quantitative estimate of drug-likeness (QED) is 0.335. The molecule has 9 heteroatoms. The lowest BCUT2D eigenvalue weighted by atomic mass is 9.86. The molecule has 0 spiro atoms. The van der Waals surface area contributed by atoms with Crippen molar-refractivity contribution in [3.05, 3.63) is 70.8 Å². The minimum Gasteiger partial charge on any atom is -0.458 e. The number of alkyl carbamates (subject to hydrolysis) is 1. The van der Waals surface area contributed by atoms with Crippen molar-refractivity contribution in [2.24, 2.45) is 0 Å². The van der Waals surface area contributed by atoms with E-state index in [0.717, 1.165) is 36.0 Å². The largest absolute Gasteiger partial charge is 0.458 e. The number of aryl methyl sites for hydroxylation is 1. The third-order valence-corrected chi connectivity index (χ3v) is 7.58. The number of benzene rings is 2. The lowest BCUT2D eigenvalue weighted by molar-refractivity contribution is -0.159. The third-order valence-electron chi connectivity index (χ3n) is 7.58. The Labute approximate surface area is 262 Å². The number of carbonyl (C=O) groups excluding carboxylic acids is 4. The van der Waals surface area contributed by atoms with Gasteiger partial charge in [0.25, 0.3) is 0 Å². The zero-order valence-electron chi connectivity index (χ0n) is 27.7. The summed E-state index contributed by atoms with van der Waals surface area (Å²) in [6.45, 7) is 16.0. The highest BCUT2D eigenvalue weighted by molar-refractivity contribution is 5.94. The molecule has 240 valence electrons. The second-order valence-electron chi connectivity index (χ2n) is 13.7. The van der Waals surface area contributed by atoms with Crippen molar-refractivity contribution in [1.82, 2.24) is 15.5 Å². The van der Waals surface area contributed by atoms with Gasteiger partial charge in [-0.2, -0.15) is 0 Å². The standard InChI is InChI=1S/C35H49N3O6/c1-22-15-13-20-27(23(22)2)29(38(26-18-14-19-26)31(40)24(3)36-33(42)44-35(7,8)9)30(39)37-28(32(41)43-34(4,5)6)21-25-16-11-10-12-17-25/h10-13,15-17,20,24,26,28-29H,14,18-19,21H2,1-9H3,(H,36,42)(H,37,39). The van der Waals surface area contributed by atoms with Crippen LogP contribution in [0.15, 0.2) is 48.5 Å². The molecule has 0 aromatic heterocycles. The first-order valence-corrected chi connectivity index (χ1v) is 15.4. The molecule has 1 saturated carbocycles. The van der Waals surface area contributed by atoms with Gasteiger partial charge >= 0.3 is 12.1 Å². The average molecular weight is 608 g/mol. The highest BCUT2D eigenvalue weighted by Gasteiger charge is 2.42. The molecule has 0 heterocycles. The Bertz CT molecular complexity index is 1320. The fourth-order valence-corrected chi connectivity index (χ4v) is 5.11. The zero-order chi connectivity index (χ0) is 32.8. The van der Waals surface area contributed by atoms with E-state index in [9.17, 15) is 19.2 Å². The zero-order valence-corrected chi connectivity index (χ0v) is 27.7. The first kappa shape index (κ1) is 34.6. The summed E-state index contributed by atoms with van der Waals surface area (Å²) in [5.41, 5.74) is 1.85. The SMILES string of the molecule is Cc1cccc(C(C(=O)NC(Cc2ccccc2)C(=O)OC(C)(C)C)N(C(=O)C(C)NC(=O)OC(C)(C)C)C2CCC2)c1C. The number of nitrogens with zero attached hydrogens (tertiary/aromatic N) is 1. The molecule has 1 aliphatic rings. The molecule has 2 aromatic rings. The number of nitrogens with one attached hydrogen (secondary N) is 2. The van der Waals surface area contributed by atoms with Crippen molar-refractivity contribution in [3.63, 3.8) is 0 Å². The molecule has 2 N–H and O–H groups in total. The van der Waals surface area contributed by atoms with Crippen molar-refractivity contribution in [1.29, 1.82) is 0 Å². The molecule has 1 aliphatic carbocycles. The molecule has 3 atom stereocenters. The van der Waals surface area contributed by atoms with Crippen LogP contribution in [0.5, 0.6) is 0 Å². The molecule has 1 fully saturated rings. The first-order valence-electron chi connectivity index (χ1n) is 15.4. The van der Waals surface area contributed by atoms with E-state index >= 15 is 0 Å². The van der Waals surface area contributed by atoms with E-state index in [1.54, 1.807) is 53.4 Å². The number of hydrogen-bond donors (Lipinski definition) is 2. The molecule has 3 unspecified atom stereocenters. The summed E-state index contributed by atoms with van der Waals surface area (Å²) in [6.07, 6.45) is 1.86. The minimum absolute atomic E-state index is 0.213. The van der Waals surface area contributed by atoms with Crippen LogP contribution in [0.25, 0.3) is 0 Å². The molecule has 9 nitrogen and oxygen atoms in total. The number of amides is 3. The summed E-state index contributed by atoms with van der Waals surface area (Å²) >= 11 is 0. The van der Waals surface area contributed by atoms with Crippen molar-refractivity contribution >= 4 is 23.9 Å². The van der Waals surface area contributed by atoms with E-state index in [1.807, 2.05) is 62.4 Å². The Kier molecular flexibility index (Phi) is 11.2. The van der Waals surface area contributed by atoms with Crippen LogP contribution in [-0.4, -0.2) is 58.1 Å². The van der Waals surface area contributed by atoms with Crippen LogP contribution in [0, 0.1) is 13.8 Å². The Balaban J connectivity index is 2.03. The maximum Gasteiger partial charge on any atom is 0.408 e. The van der Waals surface area contributed by atoms with E-state index in [-0.39, 0.29) is 12.5 Å². The van der Waals surface area contributed by atoms with Crippen LogP contribution in [0.3, 0.4) is 0 Å². The van der Waals surface area contributed by atoms with E-state index in [2.05, 4.69) is 10.6 Å². The van der Waals surface area contributed by atoms with Crippen LogP contribution >= 0.6 is 0 Å². The number of ether oxygens (including phenoxy) is 2. The van der Waals surface area contributed by atoms with Gasteiger partial charge in [-0.15, -0.1) is 0 Å². The monoisotopic (exact) mass is 607 g/mol. The second-order valence-corrected chi connectivity index (χ2v) is 13.7. The van der Waals surface area contributed by atoms with Crippen LogP contribution in [0.1, 0.15) is 96.0 Å². The molecule has 44 heavy (non-hydrogen) atoms. The molecule has 3 rings (SSSR count). The molecule has 0 bridgehead atoms. The van der Waals surface area contributed by atoms with Gasteiger partial charge in [0.15, 0.2) is 0 Å². The van der Waals surface area contributed by atoms with Gasteiger partial charge in [-0.05, 0) is 104 Å². The maximum absolute atomic E-state index is 14.5. The first-order chi connectivity index (χ1) is 20.5. The van der Waals surface area contributed by atoms with Gasteiger partial charge in [-0.3, -0.25) is 9.59 Å². The van der Waals surface area contributed by atoms with E-state index < -0.39 is 53.2 Å². The highest BCUT2D eigenvalue weighted by Crippen LogP contribution is 2.35. The normalized spacial score (nSPS) is 15.7. The lowest BCUT2D eigenvalue weighted by Gasteiger charge is -2.44. The fourth-order valence-electron chi connectivity index (χ4n) is 5.11. The molecule has 0 radical (unpaired) electrons. The Morgan fingerprint density at radius 2 is 1.48 bits per heavy atom. The summed E-state index contributed by atoms with van der Waals surface area (Å²) < 4.78 is 11.1. The third kappa shape index (κ3) is 9.56. The highest BCUT2D eigenvalue weighted by atomic mass is 16.6. The summed E-state index contributed by atoms with van der Waals surface area (Å²) in [7, 11) is 0. The van der Waals surface area contributed by atoms with Gasteiger partial charge in [0.2, 0.25) is 11.8 Å². The van der Waals surface area contributed by atoms with Gasteiger partial charge < -0.3 is 25.0 Å². The van der Waals surface area contributed by atoms with E-state index in [4.69, 9.17) is 9.47 Å². The van der Waals surface area contributed by atoms with Gasteiger partial charge in [-0.1, -0.05) is 48.5 Å². The van der Waals surface area contributed by atoms with Gasteiger partial charge in [0, 0.05) is 12.5 Å². The summed E-state index contributed by atoms with van der Waals surface area (Å²) in [4.78, 5) is 56.3. The lowest BCUT2D eigenvalue weighted by Crippen LogP contribution is -2.58. The summed E-state index contributed by atoms with van der Waals surface area (Å²) in [5.74, 6) is -1.45. The second kappa shape index (κ2) is 14.3. The Morgan fingerprint density at radius 3 is 2.02 bits per heavy atom. The number of esters is 1. The predicted molar refractivity (Wildman–Crippen MR) is 170 cm³/mol. The fraction of sp³-hybridized carbons (Fsp3) is 0.543. The molecule has 3 amide bonds. The van der Waals surface area contributed by atoms with Crippen molar-refractivity contribution in [2.75, 3.05) is 0 Å². The predicted octanol–water partition coefficient (Wildman–Crippen LogP) is 5.71. The van der Waals surface area contributed by atoms with Crippen LogP contribution in [0.4, 0.5) is 4.79 Å². The van der Waals surface area contributed by atoms with E-state index in [0.29, 0.717) is 5.56 Å². The molecular formula is C35H49N3O6. The smallest absolute Gasteiger partial charge is 0.408 e. The topological polar surface area (TPSA) is 114 Å². The summed E-state index contributed by atoms with van der Waals surface area (Å²) in [5, 5.41) is 5.61. The van der Waals surface area contributed by atoms with Crippen molar-refractivity contribution < 1.29 is 28.7 Å². The van der Waals surface area contributed by atoms with Gasteiger partial charge in [0.05, 0.1) is 0 Å². The minimum atomic E-state index is -1.05. The Hall–Kier alpha value is -3.88. The molecular weight excluding hydrogens is 558 g/mol. The molecule has 0 aliphatic heterocycles. The van der Waals surface area contributed by atoms with Crippen LogP contribution in [-0.2, 0) is 30.3 Å². The van der Waals surface area contributed by atoms with Crippen LogP contribution in [0.2, 0.25) is 0 Å². The number of hydrogen-bond acceptors (Lipinski definition) is 6. The average Bonchev–Trinajstić information content (AvgIpc) is 2.87. The van der Waals surface area contributed by atoms with Crippen molar-refractivity contribution in [2.45, 2.75) is 123 Å². The van der Waals surface area contributed by atoms with Gasteiger partial charge in [-0.25, -0.2) is 9.59 Å². The number of carbonyl (C=O) groups is 4. The Morgan fingerprint density at radius 1 is 0.864 bits per heavy atom. The maximum atomic E-state index is 14.5. The summed E-state index contributed by atoms with van der Waals surface area (Å²) in [6, 6.07) is 11.9. The van der Waals surface area contributed by atoms with Gasteiger partial charge in [0.1, 0.15) is 29.3 Å². The van der Waals surface area contributed by atoms with Crippen LogP contribution < -0.4 is 10.6 Å². The molecule has 2 aromatic carbocycles. The van der Waals surface area contributed by atoms with Crippen molar-refractivity contribution in [3.8, 4) is 0 Å². The molecule has 0 saturated heterocycles.